The largest absolute Gasteiger partial charge is 0.457 e. The Bertz CT molecular complexity index is 1500. The van der Waals surface area contributed by atoms with Crippen molar-refractivity contribution in [1.82, 2.24) is 15.2 Å². The summed E-state index contributed by atoms with van der Waals surface area (Å²) in [5.74, 6) is -7.74. The molecular weight excluding hydrogens is 586 g/mol. The van der Waals surface area contributed by atoms with Crippen LogP contribution in [0.4, 0.5) is 0 Å². The topological polar surface area (TPSA) is 182 Å². The van der Waals surface area contributed by atoms with Crippen molar-refractivity contribution < 1.29 is 47.8 Å². The first-order chi connectivity index (χ1) is 21.3. The van der Waals surface area contributed by atoms with Gasteiger partial charge in [0, 0.05) is 37.3 Å². The molecule has 4 unspecified atom stereocenters. The lowest BCUT2D eigenvalue weighted by molar-refractivity contribution is -0.155. The summed E-state index contributed by atoms with van der Waals surface area (Å²) >= 11 is 0. The van der Waals surface area contributed by atoms with Gasteiger partial charge in [0.1, 0.15) is 23.8 Å². The lowest BCUT2D eigenvalue weighted by atomic mass is 9.66. The van der Waals surface area contributed by atoms with Gasteiger partial charge in [-0.2, -0.15) is 0 Å². The number of carbonyl (C=O) groups excluding carboxylic acids is 6. The number of cyclic esters (lactones) is 2. The van der Waals surface area contributed by atoms with E-state index < -0.39 is 71.4 Å². The third-order valence-electron chi connectivity index (χ3n) is 8.87. The average Bonchev–Trinajstić information content (AvgIpc) is 3.71. The summed E-state index contributed by atoms with van der Waals surface area (Å²) in [6.07, 6.45) is 5.15. The van der Waals surface area contributed by atoms with Crippen molar-refractivity contribution in [2.24, 2.45) is 35.5 Å². The predicted octanol–water partition coefficient (Wildman–Crippen LogP) is 1.66. The highest BCUT2D eigenvalue weighted by Crippen LogP contribution is 2.45. The molecule has 6 rings (SSSR count). The van der Waals surface area contributed by atoms with Gasteiger partial charge in [-0.15, -0.1) is 0 Å². The van der Waals surface area contributed by atoms with Crippen LogP contribution in [0.25, 0.3) is 0 Å². The number of hydrogen-bond donors (Lipinski definition) is 2. The van der Waals surface area contributed by atoms with Gasteiger partial charge in [-0.05, 0) is 25.3 Å². The van der Waals surface area contributed by atoms with Crippen molar-refractivity contribution in [3.05, 3.63) is 53.4 Å². The molecule has 5 heterocycles. The number of ketones is 1. The number of ether oxygens (including phenoxy) is 2. The van der Waals surface area contributed by atoms with E-state index in [1.165, 1.54) is 11.0 Å². The second-order valence-electron chi connectivity index (χ2n) is 12.4. The van der Waals surface area contributed by atoms with E-state index >= 15 is 0 Å². The Morgan fingerprint density at radius 2 is 1.80 bits per heavy atom. The zero-order valence-corrected chi connectivity index (χ0v) is 25.6. The van der Waals surface area contributed by atoms with E-state index in [0.717, 1.165) is 6.26 Å². The fourth-order valence-electron chi connectivity index (χ4n) is 6.76. The van der Waals surface area contributed by atoms with Gasteiger partial charge in [0.05, 0.1) is 24.4 Å². The molecule has 13 nitrogen and oxygen atoms in total. The van der Waals surface area contributed by atoms with Gasteiger partial charge in [-0.3, -0.25) is 24.0 Å². The second-order valence-corrected chi connectivity index (χ2v) is 12.4. The molecule has 4 bridgehead atoms. The molecule has 4 aliphatic heterocycles. The third-order valence-corrected chi connectivity index (χ3v) is 8.87. The summed E-state index contributed by atoms with van der Waals surface area (Å²) in [4.78, 5) is 83.3. The Labute approximate surface area is 259 Å². The Morgan fingerprint density at radius 3 is 2.53 bits per heavy atom. The SMILES string of the molecule is CC1=CC2CNC(=O)/C=C/[C@@H](C)[C@@H](C(C)C)OC(=O)C3=CCCN3C(=O)c3coc(n3)CC(=O)C[C@H](O)C1C1C(=O)OC(=O)C21. The zero-order chi connectivity index (χ0) is 32.6. The van der Waals surface area contributed by atoms with Crippen LogP contribution in [0.1, 0.15) is 56.9 Å². The molecule has 0 saturated carbocycles. The van der Waals surface area contributed by atoms with Crippen molar-refractivity contribution >= 4 is 35.5 Å². The maximum atomic E-state index is 13.3. The van der Waals surface area contributed by atoms with Gasteiger partial charge in [-0.25, -0.2) is 9.78 Å². The van der Waals surface area contributed by atoms with Crippen LogP contribution < -0.4 is 5.32 Å². The number of fused-ring (bicyclic) bond motifs is 10. The Hall–Kier alpha value is -4.39. The molecule has 0 spiro atoms. The molecule has 13 heteroatoms. The van der Waals surface area contributed by atoms with Crippen molar-refractivity contribution in [2.75, 3.05) is 13.1 Å². The minimum atomic E-state index is -1.32. The molecule has 45 heavy (non-hydrogen) atoms. The van der Waals surface area contributed by atoms with Gasteiger partial charge in [0.25, 0.3) is 5.91 Å². The summed E-state index contributed by atoms with van der Waals surface area (Å²) in [5, 5.41) is 13.9. The van der Waals surface area contributed by atoms with Crippen molar-refractivity contribution in [2.45, 2.75) is 59.2 Å². The Balaban J connectivity index is 1.46. The van der Waals surface area contributed by atoms with Crippen LogP contribution >= 0.6 is 0 Å². The second kappa shape index (κ2) is 12.9. The molecule has 1 fully saturated rings. The Kier molecular flexibility index (Phi) is 9.19. The number of Topliss-reactive ketones (excluding diaryl/α,β-unsaturated/α-hetero) is 1. The minimum Gasteiger partial charge on any atom is -0.457 e. The lowest BCUT2D eigenvalue weighted by Crippen LogP contribution is -2.45. The van der Waals surface area contributed by atoms with E-state index in [0.29, 0.717) is 12.0 Å². The number of rotatable bonds is 1. The van der Waals surface area contributed by atoms with Crippen molar-refractivity contribution in [3.8, 4) is 0 Å². The molecule has 2 amide bonds. The summed E-state index contributed by atoms with van der Waals surface area (Å²) in [7, 11) is 0. The normalized spacial score (nSPS) is 32.4. The highest BCUT2D eigenvalue weighted by molar-refractivity contribution is 6.01. The highest BCUT2D eigenvalue weighted by atomic mass is 16.6. The molecule has 5 aliphatic rings. The van der Waals surface area contributed by atoms with E-state index in [-0.39, 0.29) is 55.0 Å². The number of aliphatic hydroxyl groups is 1. The first kappa shape index (κ1) is 32.0. The van der Waals surface area contributed by atoms with Crippen LogP contribution in [-0.2, 0) is 39.9 Å². The van der Waals surface area contributed by atoms with Crippen LogP contribution in [-0.4, -0.2) is 75.8 Å². The van der Waals surface area contributed by atoms with Crippen molar-refractivity contribution in [1.29, 1.82) is 0 Å². The molecule has 1 aliphatic carbocycles. The molecule has 0 radical (unpaired) electrons. The maximum Gasteiger partial charge on any atom is 0.355 e. The van der Waals surface area contributed by atoms with Crippen molar-refractivity contribution in [3.63, 3.8) is 0 Å². The zero-order valence-electron chi connectivity index (χ0n) is 25.6. The van der Waals surface area contributed by atoms with Gasteiger partial charge in [0.2, 0.25) is 11.8 Å². The summed E-state index contributed by atoms with van der Waals surface area (Å²) in [6, 6.07) is 0. The smallest absolute Gasteiger partial charge is 0.355 e. The maximum absolute atomic E-state index is 13.3. The number of amides is 2. The number of carbonyl (C=O) groups is 6. The summed E-state index contributed by atoms with van der Waals surface area (Å²) < 4.78 is 16.2. The van der Waals surface area contributed by atoms with Gasteiger partial charge in [-0.1, -0.05) is 44.6 Å². The number of esters is 3. The minimum absolute atomic E-state index is 0.0211. The van der Waals surface area contributed by atoms with Crippen LogP contribution in [0.5, 0.6) is 0 Å². The molecule has 7 atom stereocenters. The average molecular weight is 624 g/mol. The number of aliphatic hydroxyl groups excluding tert-OH is 1. The first-order valence-corrected chi connectivity index (χ1v) is 15.1. The van der Waals surface area contributed by atoms with E-state index in [9.17, 15) is 33.9 Å². The number of nitrogens with zero attached hydrogens (tertiary/aromatic N) is 2. The number of oxazole rings is 1. The number of nitrogens with one attached hydrogen (secondary N) is 1. The Morgan fingerprint density at radius 1 is 1.07 bits per heavy atom. The summed E-state index contributed by atoms with van der Waals surface area (Å²) in [6.45, 7) is 7.49. The number of aromatic nitrogens is 1. The van der Waals surface area contributed by atoms with Gasteiger partial charge < -0.3 is 29.2 Å². The fraction of sp³-hybridized carbons (Fsp3) is 0.531. The van der Waals surface area contributed by atoms with Gasteiger partial charge in [0.15, 0.2) is 5.69 Å². The summed E-state index contributed by atoms with van der Waals surface area (Å²) in [5.41, 5.74) is 0.552. The predicted molar refractivity (Wildman–Crippen MR) is 154 cm³/mol. The van der Waals surface area contributed by atoms with Crippen LogP contribution in [0.2, 0.25) is 0 Å². The van der Waals surface area contributed by atoms with E-state index in [2.05, 4.69) is 10.3 Å². The van der Waals surface area contributed by atoms with Crippen LogP contribution in [0.3, 0.4) is 0 Å². The monoisotopic (exact) mass is 623 g/mol. The highest BCUT2D eigenvalue weighted by Gasteiger charge is 2.55. The molecule has 2 N–H and O–H groups in total. The van der Waals surface area contributed by atoms with E-state index in [1.54, 1.807) is 32.1 Å². The van der Waals surface area contributed by atoms with Crippen LogP contribution in [0, 0.1) is 35.5 Å². The first-order valence-electron chi connectivity index (χ1n) is 15.1. The molecular formula is C32H37N3O10. The van der Waals surface area contributed by atoms with Gasteiger partial charge >= 0.3 is 17.9 Å². The number of hydrogen-bond acceptors (Lipinski definition) is 11. The lowest BCUT2D eigenvalue weighted by Gasteiger charge is -2.36. The molecule has 240 valence electrons. The molecule has 1 saturated heterocycles. The molecule has 1 aromatic heterocycles. The van der Waals surface area contributed by atoms with E-state index in [1.807, 2.05) is 13.8 Å². The van der Waals surface area contributed by atoms with E-state index in [4.69, 9.17) is 13.9 Å². The van der Waals surface area contributed by atoms with Crippen LogP contribution in [0.15, 0.2) is 46.3 Å². The molecule has 0 aromatic carbocycles. The third kappa shape index (κ3) is 6.53. The molecule has 1 aromatic rings. The fourth-order valence-corrected chi connectivity index (χ4v) is 6.76. The standard InChI is InChI=1S/C32H37N3O10/c1-15(2)28-16(3)7-8-23(38)33-13-18-10-17(4)25(27-26(18)31(41)45-32(27)42)22(37)11-19(36)12-24-34-20(14-43-24)29(39)35-9-5-6-21(35)30(40)44-28/h6-8,10,14-16,18,22,25-28,37H,5,9,11-13H2,1-4H3,(H,33,38)/b8-7+/t16-,18?,22+,25?,26?,27?,28-/m1/s1. The quantitative estimate of drug-likeness (QED) is 0.264.